The van der Waals surface area contributed by atoms with Crippen LogP contribution in [-0.2, 0) is 17.8 Å². The number of amides is 2. The lowest BCUT2D eigenvalue weighted by Gasteiger charge is -2.32. The molecule has 2 aliphatic heterocycles. The van der Waals surface area contributed by atoms with E-state index in [1.807, 2.05) is 9.80 Å². The van der Waals surface area contributed by atoms with Gasteiger partial charge >= 0.3 is 0 Å². The normalized spacial score (nSPS) is 17.0. The number of carbonyl (C=O) groups excluding carboxylic acids is 2. The lowest BCUT2D eigenvalue weighted by molar-refractivity contribution is -0.130. The number of ether oxygens (including phenoxy) is 2. The predicted octanol–water partition coefficient (Wildman–Crippen LogP) is 2.01. The number of aromatic nitrogens is 2. The maximum absolute atomic E-state index is 13.3. The fraction of sp³-hybridized carbons (Fsp3) is 0.476. The number of H-pyrrole nitrogens is 1. The highest BCUT2D eigenvalue weighted by Crippen LogP contribution is 2.30. The molecule has 2 amide bonds. The molecule has 3 heterocycles. The fourth-order valence-electron chi connectivity index (χ4n) is 3.94. The molecule has 0 unspecified atom stereocenters. The summed E-state index contributed by atoms with van der Waals surface area (Å²) in [5.74, 6) is 1.20. The molecule has 1 aromatic heterocycles. The fourth-order valence-corrected chi connectivity index (χ4v) is 3.94. The highest BCUT2D eigenvalue weighted by molar-refractivity contribution is 5.97. The van der Waals surface area contributed by atoms with E-state index in [4.69, 9.17) is 9.47 Å². The molecule has 8 heteroatoms. The molecule has 1 N–H and O–H groups in total. The van der Waals surface area contributed by atoms with Gasteiger partial charge in [-0.05, 0) is 18.2 Å². The van der Waals surface area contributed by atoms with E-state index in [9.17, 15) is 9.59 Å². The number of nitrogens with one attached hydrogen (secondary N) is 1. The van der Waals surface area contributed by atoms with Crippen LogP contribution in [0, 0.1) is 0 Å². The Morgan fingerprint density at radius 2 is 1.97 bits per heavy atom. The highest BCUT2D eigenvalue weighted by Gasteiger charge is 2.28. The van der Waals surface area contributed by atoms with Crippen molar-refractivity contribution in [2.45, 2.75) is 38.8 Å². The van der Waals surface area contributed by atoms with Gasteiger partial charge < -0.3 is 19.3 Å². The van der Waals surface area contributed by atoms with Crippen molar-refractivity contribution < 1.29 is 19.1 Å². The van der Waals surface area contributed by atoms with E-state index in [1.54, 1.807) is 38.4 Å². The molecule has 1 saturated heterocycles. The third-order valence-electron chi connectivity index (χ3n) is 5.69. The van der Waals surface area contributed by atoms with Gasteiger partial charge in [-0.3, -0.25) is 14.7 Å². The molecule has 2 aliphatic rings. The van der Waals surface area contributed by atoms with Crippen molar-refractivity contribution >= 4 is 11.8 Å². The second-order valence-corrected chi connectivity index (χ2v) is 7.54. The van der Waals surface area contributed by atoms with E-state index in [0.717, 1.165) is 30.5 Å². The van der Waals surface area contributed by atoms with E-state index in [1.165, 1.54) is 0 Å². The molecule has 4 rings (SSSR count). The Balaban J connectivity index is 1.52. The van der Waals surface area contributed by atoms with Gasteiger partial charge in [0.15, 0.2) is 0 Å². The number of benzene rings is 1. The summed E-state index contributed by atoms with van der Waals surface area (Å²) in [6.45, 7) is 4.09. The third kappa shape index (κ3) is 4.06. The van der Waals surface area contributed by atoms with Crippen molar-refractivity contribution in [1.82, 2.24) is 20.0 Å². The standard InChI is InChI=1S/C21H26N4O4/c1-14(26)24-8-5-16(6-9-24)29-20-4-3-17(28-2)11-18(20)21(27)25-10-7-19-15(13-25)12-22-23-19/h3-4,11-12,16H,5-10,13H2,1-2H3,(H,22,23). The molecule has 1 aromatic carbocycles. The molecule has 0 bridgehead atoms. The summed E-state index contributed by atoms with van der Waals surface area (Å²) in [4.78, 5) is 28.5. The van der Waals surface area contributed by atoms with Crippen molar-refractivity contribution in [3.63, 3.8) is 0 Å². The van der Waals surface area contributed by atoms with Gasteiger partial charge in [0.2, 0.25) is 5.91 Å². The summed E-state index contributed by atoms with van der Waals surface area (Å²) < 4.78 is 11.6. The van der Waals surface area contributed by atoms with Crippen LogP contribution in [0.5, 0.6) is 11.5 Å². The van der Waals surface area contributed by atoms with Crippen molar-refractivity contribution in [1.29, 1.82) is 0 Å². The lowest BCUT2D eigenvalue weighted by Crippen LogP contribution is -2.41. The summed E-state index contributed by atoms with van der Waals surface area (Å²) in [7, 11) is 1.58. The highest BCUT2D eigenvalue weighted by atomic mass is 16.5. The van der Waals surface area contributed by atoms with Crippen LogP contribution < -0.4 is 9.47 Å². The van der Waals surface area contributed by atoms with Crippen molar-refractivity contribution in [2.75, 3.05) is 26.7 Å². The molecular weight excluding hydrogens is 372 g/mol. The van der Waals surface area contributed by atoms with Gasteiger partial charge in [-0.1, -0.05) is 0 Å². The zero-order valence-electron chi connectivity index (χ0n) is 16.8. The molecule has 8 nitrogen and oxygen atoms in total. The van der Waals surface area contributed by atoms with E-state index >= 15 is 0 Å². The minimum atomic E-state index is -0.0769. The Hall–Kier alpha value is -3.03. The van der Waals surface area contributed by atoms with Gasteiger partial charge in [0, 0.05) is 63.6 Å². The molecule has 0 atom stereocenters. The van der Waals surface area contributed by atoms with Gasteiger partial charge in [-0.2, -0.15) is 5.10 Å². The number of carbonyl (C=O) groups is 2. The molecular formula is C21H26N4O4. The van der Waals surface area contributed by atoms with Crippen molar-refractivity contribution in [2.24, 2.45) is 0 Å². The zero-order chi connectivity index (χ0) is 20.4. The van der Waals surface area contributed by atoms with Crippen LogP contribution in [0.25, 0.3) is 0 Å². The maximum atomic E-state index is 13.3. The quantitative estimate of drug-likeness (QED) is 0.851. The van der Waals surface area contributed by atoms with Crippen LogP contribution in [-0.4, -0.2) is 64.7 Å². The van der Waals surface area contributed by atoms with Gasteiger partial charge in [0.25, 0.3) is 5.91 Å². The van der Waals surface area contributed by atoms with Gasteiger partial charge in [-0.15, -0.1) is 0 Å². The predicted molar refractivity (Wildman–Crippen MR) is 106 cm³/mol. The average Bonchev–Trinajstić information content (AvgIpc) is 3.22. The van der Waals surface area contributed by atoms with Gasteiger partial charge in [-0.25, -0.2) is 0 Å². The number of likely N-dealkylation sites (tertiary alicyclic amines) is 1. The molecule has 29 heavy (non-hydrogen) atoms. The van der Waals surface area contributed by atoms with Crippen LogP contribution in [0.3, 0.4) is 0 Å². The second kappa shape index (κ2) is 8.14. The van der Waals surface area contributed by atoms with E-state index in [0.29, 0.717) is 43.2 Å². The number of hydrogen-bond acceptors (Lipinski definition) is 5. The van der Waals surface area contributed by atoms with Gasteiger partial charge in [0.05, 0.1) is 18.9 Å². The Kier molecular flexibility index (Phi) is 5.42. The first-order valence-corrected chi connectivity index (χ1v) is 9.95. The molecule has 2 aromatic rings. The number of aromatic amines is 1. The summed E-state index contributed by atoms with van der Waals surface area (Å²) in [6.07, 6.45) is 4.01. The number of methoxy groups -OCH3 is 1. The molecule has 154 valence electrons. The molecule has 0 radical (unpaired) electrons. The third-order valence-corrected chi connectivity index (χ3v) is 5.69. The molecule has 0 saturated carbocycles. The second-order valence-electron chi connectivity index (χ2n) is 7.54. The number of piperidine rings is 1. The zero-order valence-corrected chi connectivity index (χ0v) is 16.8. The molecule has 1 fully saturated rings. The average molecular weight is 398 g/mol. The van der Waals surface area contributed by atoms with E-state index < -0.39 is 0 Å². The SMILES string of the molecule is COc1ccc(OC2CCN(C(C)=O)CC2)c(C(=O)N2CCc3[nH]ncc3C2)c1. The monoisotopic (exact) mass is 398 g/mol. The first-order valence-electron chi connectivity index (χ1n) is 9.95. The number of fused-ring (bicyclic) bond motifs is 1. The van der Waals surface area contributed by atoms with Crippen LogP contribution in [0.15, 0.2) is 24.4 Å². The summed E-state index contributed by atoms with van der Waals surface area (Å²) in [5, 5.41) is 7.07. The van der Waals surface area contributed by atoms with Crippen LogP contribution in [0.2, 0.25) is 0 Å². The molecule has 0 aliphatic carbocycles. The largest absolute Gasteiger partial charge is 0.497 e. The Bertz CT molecular complexity index is 902. The summed E-state index contributed by atoms with van der Waals surface area (Å²) >= 11 is 0. The topological polar surface area (TPSA) is 87.8 Å². The number of nitrogens with zero attached hydrogens (tertiary/aromatic N) is 3. The Labute approximate surface area is 169 Å². The molecule has 0 spiro atoms. The Morgan fingerprint density at radius 3 is 2.69 bits per heavy atom. The number of rotatable bonds is 4. The summed E-state index contributed by atoms with van der Waals surface area (Å²) in [6, 6.07) is 5.35. The first-order chi connectivity index (χ1) is 14.0. The van der Waals surface area contributed by atoms with Crippen molar-refractivity contribution in [3.8, 4) is 11.5 Å². The summed E-state index contributed by atoms with van der Waals surface area (Å²) in [5.41, 5.74) is 2.64. The first kappa shape index (κ1) is 19.3. The maximum Gasteiger partial charge on any atom is 0.258 e. The minimum absolute atomic E-state index is 0.0209. The lowest BCUT2D eigenvalue weighted by atomic mass is 10.1. The van der Waals surface area contributed by atoms with Crippen LogP contribution in [0.4, 0.5) is 0 Å². The van der Waals surface area contributed by atoms with E-state index in [-0.39, 0.29) is 17.9 Å². The van der Waals surface area contributed by atoms with Crippen molar-refractivity contribution in [3.05, 3.63) is 41.2 Å². The smallest absolute Gasteiger partial charge is 0.258 e. The number of hydrogen-bond donors (Lipinski definition) is 1. The van der Waals surface area contributed by atoms with Gasteiger partial charge in [0.1, 0.15) is 17.6 Å². The minimum Gasteiger partial charge on any atom is -0.497 e. The Morgan fingerprint density at radius 1 is 1.17 bits per heavy atom. The van der Waals surface area contributed by atoms with Crippen LogP contribution >= 0.6 is 0 Å². The van der Waals surface area contributed by atoms with E-state index in [2.05, 4.69) is 10.2 Å². The van der Waals surface area contributed by atoms with Crippen LogP contribution in [0.1, 0.15) is 41.4 Å².